The number of carbonyl (C=O) groups excluding carboxylic acids is 1. The topological polar surface area (TPSA) is 183 Å². The number of esters is 1. The fraction of sp³-hybridized carbons (Fsp3) is 0.524. The lowest BCUT2D eigenvalue weighted by molar-refractivity contribution is -0.279. The Kier molecular flexibility index (Phi) is 8.73. The number of rotatable bonds is 9. The van der Waals surface area contributed by atoms with E-state index in [1.165, 1.54) is 32.1 Å². The summed E-state index contributed by atoms with van der Waals surface area (Å²) in [4.78, 5) is 22.7. The van der Waals surface area contributed by atoms with E-state index in [2.05, 4.69) is 0 Å². The van der Waals surface area contributed by atoms with E-state index in [0.29, 0.717) is 5.56 Å². The fourth-order valence-electron chi connectivity index (χ4n) is 3.00. The van der Waals surface area contributed by atoms with Crippen LogP contribution in [0.3, 0.4) is 0 Å². The molecule has 6 N–H and O–H groups in total. The van der Waals surface area contributed by atoms with Gasteiger partial charge in [-0.1, -0.05) is 19.1 Å². The third-order valence-corrected chi connectivity index (χ3v) is 5.18. The molecule has 1 saturated heterocycles. The zero-order chi connectivity index (χ0) is 24.1. The number of carboxylic acids is 1. The summed E-state index contributed by atoms with van der Waals surface area (Å²) in [6.45, 7) is 2.12. The van der Waals surface area contributed by atoms with Gasteiger partial charge in [-0.15, -0.1) is 0 Å². The third-order valence-electron chi connectivity index (χ3n) is 5.18. The van der Waals surface area contributed by atoms with Gasteiger partial charge in [-0.25, -0.2) is 9.59 Å². The molecule has 178 valence electrons. The van der Waals surface area contributed by atoms with Crippen molar-refractivity contribution >= 4 is 18.0 Å². The number of benzene rings is 1. The zero-order valence-electron chi connectivity index (χ0n) is 17.6. The first-order valence-corrected chi connectivity index (χ1v) is 9.94. The van der Waals surface area contributed by atoms with Gasteiger partial charge in [-0.05, 0) is 37.1 Å². The smallest absolute Gasteiger partial charge is 0.340 e. The van der Waals surface area contributed by atoms with E-state index in [4.69, 9.17) is 19.3 Å². The Bertz CT molecular complexity index is 806. The highest BCUT2D eigenvalue weighted by atomic mass is 16.7. The summed E-state index contributed by atoms with van der Waals surface area (Å²) in [6, 6.07) is 6.06. The van der Waals surface area contributed by atoms with E-state index in [9.17, 15) is 35.1 Å². The van der Waals surface area contributed by atoms with Crippen molar-refractivity contribution in [2.24, 2.45) is 0 Å². The summed E-state index contributed by atoms with van der Waals surface area (Å²) < 4.78 is 15.9. The van der Waals surface area contributed by atoms with Gasteiger partial charge in [0.25, 0.3) is 0 Å². The Morgan fingerprint density at radius 2 is 1.78 bits per heavy atom. The fourth-order valence-corrected chi connectivity index (χ4v) is 3.00. The molecule has 1 heterocycles. The van der Waals surface area contributed by atoms with Crippen molar-refractivity contribution in [2.75, 3.05) is 6.61 Å². The summed E-state index contributed by atoms with van der Waals surface area (Å²) in [5.41, 5.74) is -1.57. The van der Waals surface area contributed by atoms with Crippen molar-refractivity contribution in [1.29, 1.82) is 0 Å². The lowest BCUT2D eigenvalue weighted by Crippen LogP contribution is -2.60. The molecule has 1 aromatic rings. The minimum absolute atomic E-state index is 0.123. The van der Waals surface area contributed by atoms with Gasteiger partial charge in [0.1, 0.15) is 36.8 Å². The lowest BCUT2D eigenvalue weighted by atomic mass is 9.95. The van der Waals surface area contributed by atoms with Crippen molar-refractivity contribution in [2.45, 2.75) is 62.7 Å². The first kappa shape index (κ1) is 25.7. The number of carboxylic acid groups (broad SMARTS) is 1. The van der Waals surface area contributed by atoms with Crippen molar-refractivity contribution < 1.29 is 54.4 Å². The van der Waals surface area contributed by atoms with E-state index < -0.39 is 61.0 Å². The first-order valence-electron chi connectivity index (χ1n) is 9.94. The molecule has 1 aliphatic heterocycles. The van der Waals surface area contributed by atoms with Crippen molar-refractivity contribution in [3.05, 3.63) is 35.9 Å². The maximum Gasteiger partial charge on any atom is 0.340 e. The molecule has 1 aliphatic rings. The summed E-state index contributed by atoms with van der Waals surface area (Å²) in [5, 5.41) is 59.0. The highest BCUT2D eigenvalue weighted by molar-refractivity contribution is 5.85. The monoisotopic (exact) mass is 456 g/mol. The first-order chi connectivity index (χ1) is 15.0. The van der Waals surface area contributed by atoms with E-state index in [-0.39, 0.29) is 12.2 Å². The highest BCUT2D eigenvalue weighted by Crippen LogP contribution is 2.26. The van der Waals surface area contributed by atoms with Gasteiger partial charge >= 0.3 is 11.9 Å². The van der Waals surface area contributed by atoms with Gasteiger partial charge in [0.05, 0.1) is 6.10 Å². The van der Waals surface area contributed by atoms with Gasteiger partial charge in [0.15, 0.2) is 5.60 Å². The molecule has 32 heavy (non-hydrogen) atoms. The maximum absolute atomic E-state index is 12.2. The Hall–Kier alpha value is -2.54. The summed E-state index contributed by atoms with van der Waals surface area (Å²) in [6.07, 6.45) is -6.86. The van der Waals surface area contributed by atoms with Gasteiger partial charge in [-0.2, -0.15) is 0 Å². The second-order valence-corrected chi connectivity index (χ2v) is 7.43. The summed E-state index contributed by atoms with van der Waals surface area (Å²) >= 11 is 0. The van der Waals surface area contributed by atoms with Crippen molar-refractivity contribution in [3.8, 4) is 5.75 Å². The molecule has 11 nitrogen and oxygen atoms in total. The molecule has 2 unspecified atom stereocenters. The molecular formula is C21H28O11. The average Bonchev–Trinajstić information content (AvgIpc) is 2.77. The van der Waals surface area contributed by atoms with Crippen molar-refractivity contribution in [3.63, 3.8) is 0 Å². The Morgan fingerprint density at radius 1 is 1.16 bits per heavy atom. The summed E-state index contributed by atoms with van der Waals surface area (Å²) in [7, 11) is 0. The molecule has 0 amide bonds. The van der Waals surface area contributed by atoms with Gasteiger partial charge < -0.3 is 44.8 Å². The van der Waals surface area contributed by atoms with Crippen LogP contribution in [0.15, 0.2) is 30.3 Å². The van der Waals surface area contributed by atoms with Crippen LogP contribution < -0.4 is 4.74 Å². The van der Waals surface area contributed by atoms with Crippen LogP contribution in [0, 0.1) is 0 Å². The molecule has 2 rings (SSSR count). The van der Waals surface area contributed by atoms with Crippen LogP contribution >= 0.6 is 0 Å². The molecule has 0 aromatic heterocycles. The van der Waals surface area contributed by atoms with Crippen LogP contribution in [0.4, 0.5) is 0 Å². The van der Waals surface area contributed by atoms with Crippen LogP contribution in [0.5, 0.6) is 5.75 Å². The molecule has 11 heteroatoms. The number of aliphatic hydroxyl groups is 5. The number of carbonyl (C=O) groups is 2. The van der Waals surface area contributed by atoms with Crippen LogP contribution in [0.1, 0.15) is 25.8 Å². The van der Waals surface area contributed by atoms with Crippen LogP contribution in [0.2, 0.25) is 0 Å². The maximum atomic E-state index is 12.2. The molecule has 0 radical (unpaired) electrons. The predicted molar refractivity (Wildman–Crippen MR) is 108 cm³/mol. The molecule has 0 bridgehead atoms. The minimum Gasteiger partial charge on any atom is -0.478 e. The number of aliphatic carboxylic acids is 1. The average molecular weight is 456 g/mol. The van der Waals surface area contributed by atoms with Crippen LogP contribution in [0.25, 0.3) is 6.08 Å². The Morgan fingerprint density at radius 3 is 2.31 bits per heavy atom. The SMILES string of the molecule is CCC(O)(C(=O)OC[C@H]1O[C@@H](Oc2ccc(/C=C/C(=O)O)cc2)[C@H](O)[C@@H](O)[C@@H]1O)C(C)O. The number of ether oxygens (including phenoxy) is 3. The number of hydrogen-bond donors (Lipinski definition) is 6. The molecule has 1 fully saturated rings. The predicted octanol–water partition coefficient (Wildman–Crippen LogP) is -0.964. The van der Waals surface area contributed by atoms with Gasteiger partial charge in [0, 0.05) is 6.08 Å². The minimum atomic E-state index is -2.15. The van der Waals surface area contributed by atoms with Gasteiger partial charge in [-0.3, -0.25) is 0 Å². The quantitative estimate of drug-likeness (QED) is 0.199. The Labute approximate surface area is 184 Å². The number of hydrogen-bond acceptors (Lipinski definition) is 10. The van der Waals surface area contributed by atoms with E-state index in [1.807, 2.05) is 0 Å². The van der Waals surface area contributed by atoms with E-state index in [0.717, 1.165) is 6.08 Å². The summed E-state index contributed by atoms with van der Waals surface area (Å²) in [5.74, 6) is -2.02. The van der Waals surface area contributed by atoms with Crippen LogP contribution in [-0.2, 0) is 19.1 Å². The van der Waals surface area contributed by atoms with E-state index >= 15 is 0 Å². The standard InChI is InChI=1S/C21H28O11/c1-3-21(29,11(2)22)20(28)30-10-14-16(25)17(26)18(27)19(32-14)31-13-7-4-12(5-8-13)6-9-15(23)24/h4-9,11,14,16-19,22,25-27,29H,3,10H2,1-2H3,(H,23,24)/b9-6+/t11?,14-,16-,17+,18-,19-,21?/m1/s1. The molecule has 7 atom stereocenters. The normalized spacial score (nSPS) is 28.7. The molecule has 1 aromatic carbocycles. The highest BCUT2D eigenvalue weighted by Gasteiger charge is 2.47. The largest absolute Gasteiger partial charge is 0.478 e. The molecule has 0 aliphatic carbocycles. The second-order valence-electron chi connectivity index (χ2n) is 7.43. The lowest BCUT2D eigenvalue weighted by Gasteiger charge is -2.40. The zero-order valence-corrected chi connectivity index (χ0v) is 17.6. The second kappa shape index (κ2) is 10.9. The van der Waals surface area contributed by atoms with Crippen LogP contribution in [-0.4, -0.2) is 91.6 Å². The van der Waals surface area contributed by atoms with Gasteiger partial charge in [0.2, 0.25) is 6.29 Å². The van der Waals surface area contributed by atoms with E-state index in [1.54, 1.807) is 12.1 Å². The van der Waals surface area contributed by atoms with Crippen molar-refractivity contribution in [1.82, 2.24) is 0 Å². The third kappa shape index (κ3) is 6.03. The Balaban J connectivity index is 2.05. The molecule has 0 spiro atoms. The molecular weight excluding hydrogens is 428 g/mol. The molecule has 0 saturated carbocycles. The number of aliphatic hydroxyl groups excluding tert-OH is 4.